The van der Waals surface area contributed by atoms with E-state index in [2.05, 4.69) is 0 Å². The third kappa shape index (κ3) is 3.28. The number of methoxy groups -OCH3 is 1. The van der Waals surface area contributed by atoms with Crippen LogP contribution in [0.5, 0.6) is 5.75 Å². The highest BCUT2D eigenvalue weighted by atomic mass is 35.5. The first-order chi connectivity index (χ1) is 7.39. The first kappa shape index (κ1) is 15.6. The summed E-state index contributed by atoms with van der Waals surface area (Å²) in [5.74, 6) is -5.75. The Bertz CT molecular complexity index is 384. The molecule has 1 aromatic rings. The first-order valence-electron chi connectivity index (χ1n) is 4.40. The zero-order valence-corrected chi connectivity index (χ0v) is 9.71. The normalized spacial score (nSPS) is 12.5. The Morgan fingerprint density at radius 3 is 2.24 bits per heavy atom. The molecule has 0 aliphatic carbocycles. The van der Waals surface area contributed by atoms with Crippen molar-refractivity contribution in [3.8, 4) is 5.75 Å². The molecule has 0 fully saturated rings. The van der Waals surface area contributed by atoms with Crippen molar-refractivity contribution in [1.29, 1.82) is 0 Å². The summed E-state index contributed by atoms with van der Waals surface area (Å²) in [6.07, 6.45) is 0. The van der Waals surface area contributed by atoms with Crippen LogP contribution in [-0.2, 0) is 4.79 Å². The van der Waals surface area contributed by atoms with Gasteiger partial charge in [-0.2, -0.15) is 8.78 Å². The lowest BCUT2D eigenvalue weighted by molar-refractivity contribution is -0.168. The quantitative estimate of drug-likeness (QED) is 0.873. The number of halogens is 3. The van der Waals surface area contributed by atoms with E-state index in [4.69, 9.17) is 15.6 Å². The van der Waals surface area contributed by atoms with Crippen LogP contribution in [0.4, 0.5) is 8.78 Å². The van der Waals surface area contributed by atoms with Gasteiger partial charge in [0.05, 0.1) is 7.11 Å². The van der Waals surface area contributed by atoms with Crippen molar-refractivity contribution in [3.05, 3.63) is 29.8 Å². The molecule has 1 atom stereocenters. The highest BCUT2D eigenvalue weighted by Gasteiger charge is 2.46. The second-order valence-corrected chi connectivity index (χ2v) is 3.18. The van der Waals surface area contributed by atoms with E-state index in [0.29, 0.717) is 5.75 Å². The van der Waals surface area contributed by atoms with E-state index < -0.39 is 17.9 Å². The molecule has 4 nitrogen and oxygen atoms in total. The first-order valence-corrected chi connectivity index (χ1v) is 4.40. The third-order valence-electron chi connectivity index (χ3n) is 2.15. The number of carbonyl (C=O) groups is 1. The van der Waals surface area contributed by atoms with Gasteiger partial charge in [0.25, 0.3) is 0 Å². The summed E-state index contributed by atoms with van der Waals surface area (Å²) in [5.41, 5.74) is 5.23. The molecule has 0 saturated heterocycles. The van der Waals surface area contributed by atoms with E-state index in [9.17, 15) is 13.6 Å². The highest BCUT2D eigenvalue weighted by molar-refractivity contribution is 5.85. The standard InChI is InChI=1S/C10H11F2NO3.ClH/c1-16-7-4-2-6(3-5-7)8(13)10(11,12)9(14)15;/h2-5,8H,13H2,1H3,(H,14,15);1H/t8-;/m0./s1. The number of alkyl halides is 2. The van der Waals surface area contributed by atoms with E-state index >= 15 is 0 Å². The van der Waals surface area contributed by atoms with Crippen molar-refractivity contribution in [2.45, 2.75) is 12.0 Å². The maximum Gasteiger partial charge on any atom is 0.376 e. The number of nitrogens with two attached hydrogens (primary N) is 1. The zero-order chi connectivity index (χ0) is 12.3. The number of hydrogen-bond donors (Lipinski definition) is 2. The van der Waals surface area contributed by atoms with E-state index in [1.807, 2.05) is 0 Å². The fourth-order valence-corrected chi connectivity index (χ4v) is 1.15. The van der Waals surface area contributed by atoms with Gasteiger partial charge in [-0.15, -0.1) is 12.4 Å². The molecular formula is C10H12ClF2NO3. The fourth-order valence-electron chi connectivity index (χ4n) is 1.15. The zero-order valence-electron chi connectivity index (χ0n) is 8.89. The Morgan fingerprint density at radius 2 is 1.88 bits per heavy atom. The maximum absolute atomic E-state index is 13.1. The van der Waals surface area contributed by atoms with Crippen LogP contribution < -0.4 is 10.5 Å². The molecule has 0 amide bonds. The van der Waals surface area contributed by atoms with E-state index in [-0.39, 0.29) is 18.0 Å². The molecule has 96 valence electrons. The van der Waals surface area contributed by atoms with Crippen molar-refractivity contribution in [1.82, 2.24) is 0 Å². The Balaban J connectivity index is 0.00000256. The van der Waals surface area contributed by atoms with Crippen LogP contribution in [0.15, 0.2) is 24.3 Å². The van der Waals surface area contributed by atoms with E-state index in [1.54, 1.807) is 0 Å². The van der Waals surface area contributed by atoms with Gasteiger partial charge in [-0.3, -0.25) is 0 Å². The summed E-state index contributed by atoms with van der Waals surface area (Å²) in [6.45, 7) is 0. The van der Waals surface area contributed by atoms with Gasteiger partial charge in [0.1, 0.15) is 11.8 Å². The average molecular weight is 268 g/mol. The van der Waals surface area contributed by atoms with Gasteiger partial charge in [-0.1, -0.05) is 12.1 Å². The predicted octanol–water partition coefficient (Wildman–Crippen LogP) is 1.84. The summed E-state index contributed by atoms with van der Waals surface area (Å²) in [5, 5.41) is 8.32. The summed E-state index contributed by atoms with van der Waals surface area (Å²) >= 11 is 0. The molecule has 0 heterocycles. The van der Waals surface area contributed by atoms with Crippen molar-refractivity contribution in [2.75, 3.05) is 7.11 Å². The molecule has 0 radical (unpaired) electrons. The minimum atomic E-state index is -3.99. The van der Waals surface area contributed by atoms with Crippen molar-refractivity contribution in [3.63, 3.8) is 0 Å². The number of aliphatic carboxylic acids is 1. The second-order valence-electron chi connectivity index (χ2n) is 3.18. The molecule has 0 aliphatic heterocycles. The van der Waals surface area contributed by atoms with Crippen LogP contribution in [0, 0.1) is 0 Å². The number of carboxylic acids is 1. The van der Waals surface area contributed by atoms with Crippen LogP contribution >= 0.6 is 12.4 Å². The van der Waals surface area contributed by atoms with Gasteiger partial charge in [-0.05, 0) is 17.7 Å². The lowest BCUT2D eigenvalue weighted by Crippen LogP contribution is -2.40. The molecule has 17 heavy (non-hydrogen) atoms. The van der Waals surface area contributed by atoms with Gasteiger partial charge < -0.3 is 15.6 Å². The summed E-state index contributed by atoms with van der Waals surface area (Å²) < 4.78 is 30.9. The Morgan fingerprint density at radius 1 is 1.41 bits per heavy atom. The molecule has 3 N–H and O–H groups in total. The predicted molar refractivity (Wildman–Crippen MR) is 59.8 cm³/mol. The summed E-state index contributed by atoms with van der Waals surface area (Å²) in [7, 11) is 1.43. The minimum absolute atomic E-state index is 0. The molecule has 0 spiro atoms. The van der Waals surface area contributed by atoms with Gasteiger partial charge in [0, 0.05) is 0 Å². The minimum Gasteiger partial charge on any atom is -0.497 e. The number of carboxylic acid groups (broad SMARTS) is 1. The molecule has 1 rings (SSSR count). The van der Waals surface area contributed by atoms with Crippen LogP contribution in [-0.4, -0.2) is 24.1 Å². The molecule has 0 bridgehead atoms. The van der Waals surface area contributed by atoms with Gasteiger partial charge >= 0.3 is 11.9 Å². The summed E-state index contributed by atoms with van der Waals surface area (Å²) in [4.78, 5) is 10.3. The molecule has 0 aliphatic rings. The monoisotopic (exact) mass is 267 g/mol. The summed E-state index contributed by atoms with van der Waals surface area (Å²) in [6, 6.07) is 3.61. The Labute approximate surface area is 103 Å². The molecule has 7 heteroatoms. The molecular weight excluding hydrogens is 256 g/mol. The van der Waals surface area contributed by atoms with Crippen molar-refractivity contribution in [2.24, 2.45) is 5.73 Å². The van der Waals surface area contributed by atoms with Crippen molar-refractivity contribution < 1.29 is 23.4 Å². The Kier molecular flexibility index (Phi) is 5.31. The van der Waals surface area contributed by atoms with Crippen LogP contribution in [0.1, 0.15) is 11.6 Å². The lowest BCUT2D eigenvalue weighted by atomic mass is 10.0. The van der Waals surface area contributed by atoms with Crippen LogP contribution in [0.25, 0.3) is 0 Å². The lowest BCUT2D eigenvalue weighted by Gasteiger charge is -2.19. The molecule has 0 aromatic heterocycles. The van der Waals surface area contributed by atoms with Crippen molar-refractivity contribution >= 4 is 18.4 Å². The Hall–Kier alpha value is -1.40. The fraction of sp³-hybridized carbons (Fsp3) is 0.300. The average Bonchev–Trinajstić information content (AvgIpc) is 2.28. The topological polar surface area (TPSA) is 72.5 Å². The largest absolute Gasteiger partial charge is 0.497 e. The van der Waals surface area contributed by atoms with E-state index in [0.717, 1.165) is 0 Å². The SMILES string of the molecule is COc1ccc([C@H](N)C(F)(F)C(=O)O)cc1.Cl. The van der Waals surface area contributed by atoms with Gasteiger partial charge in [0.2, 0.25) is 0 Å². The number of rotatable bonds is 4. The highest BCUT2D eigenvalue weighted by Crippen LogP contribution is 2.30. The molecule has 0 unspecified atom stereocenters. The number of ether oxygens (including phenoxy) is 1. The smallest absolute Gasteiger partial charge is 0.376 e. The molecule has 1 aromatic carbocycles. The van der Waals surface area contributed by atoms with Crippen LogP contribution in [0.3, 0.4) is 0 Å². The number of hydrogen-bond acceptors (Lipinski definition) is 3. The maximum atomic E-state index is 13.1. The number of benzene rings is 1. The van der Waals surface area contributed by atoms with Gasteiger partial charge in [0.15, 0.2) is 0 Å². The van der Waals surface area contributed by atoms with E-state index in [1.165, 1.54) is 31.4 Å². The second kappa shape index (κ2) is 5.79. The van der Waals surface area contributed by atoms with Gasteiger partial charge in [-0.25, -0.2) is 4.79 Å². The van der Waals surface area contributed by atoms with Crippen LogP contribution in [0.2, 0.25) is 0 Å². The molecule has 0 saturated carbocycles. The third-order valence-corrected chi connectivity index (χ3v) is 2.15.